The first kappa shape index (κ1) is 12.1. The molecule has 0 bridgehead atoms. The van der Waals surface area contributed by atoms with Crippen LogP contribution in [0.2, 0.25) is 0 Å². The van der Waals surface area contributed by atoms with E-state index in [1.165, 1.54) is 9.75 Å². The zero-order chi connectivity index (χ0) is 11.2. The second-order valence-electron chi connectivity index (χ2n) is 3.28. The zero-order valence-electron chi connectivity index (χ0n) is 9.10. The molecule has 0 saturated heterocycles. The monoisotopic (exact) mass is 270 g/mol. The van der Waals surface area contributed by atoms with Gasteiger partial charge in [-0.3, -0.25) is 0 Å². The van der Waals surface area contributed by atoms with Crippen LogP contribution in [0.25, 0.3) is 9.88 Å². The Kier molecular flexibility index (Phi) is 4.84. The Balaban J connectivity index is 1.88. The maximum atomic E-state index is 4.44. The van der Waals surface area contributed by atoms with Gasteiger partial charge in [0.1, 0.15) is 5.01 Å². The lowest BCUT2D eigenvalue weighted by Gasteiger charge is -1.99. The largest absolute Gasteiger partial charge is 0.311 e. The van der Waals surface area contributed by atoms with Crippen molar-refractivity contribution in [2.75, 3.05) is 18.6 Å². The number of thiophene rings is 1. The highest BCUT2D eigenvalue weighted by Crippen LogP contribution is 2.28. The molecule has 5 heteroatoms. The van der Waals surface area contributed by atoms with Gasteiger partial charge < -0.3 is 5.32 Å². The third-order valence-corrected chi connectivity index (χ3v) is 4.72. The second kappa shape index (κ2) is 6.39. The molecule has 0 aliphatic rings. The Hall–Kier alpha value is -0.360. The SMILES string of the molecule is CSCCNCc1cnc(-c2cccs2)s1. The van der Waals surface area contributed by atoms with Crippen molar-refractivity contribution in [3.63, 3.8) is 0 Å². The molecule has 0 aliphatic carbocycles. The summed E-state index contributed by atoms with van der Waals surface area (Å²) in [5.41, 5.74) is 0. The summed E-state index contributed by atoms with van der Waals surface area (Å²) in [6.07, 6.45) is 4.11. The average molecular weight is 270 g/mol. The van der Waals surface area contributed by atoms with Gasteiger partial charge in [0.15, 0.2) is 0 Å². The number of aromatic nitrogens is 1. The van der Waals surface area contributed by atoms with Crippen molar-refractivity contribution < 1.29 is 0 Å². The number of hydrogen-bond donors (Lipinski definition) is 1. The fourth-order valence-corrected chi connectivity index (χ4v) is 3.32. The molecule has 2 heterocycles. The van der Waals surface area contributed by atoms with E-state index in [2.05, 4.69) is 34.1 Å². The van der Waals surface area contributed by atoms with E-state index in [9.17, 15) is 0 Å². The molecule has 1 N–H and O–H groups in total. The average Bonchev–Trinajstić information content (AvgIpc) is 2.94. The van der Waals surface area contributed by atoms with Crippen molar-refractivity contribution in [2.45, 2.75) is 6.54 Å². The molecule has 0 aliphatic heterocycles. The van der Waals surface area contributed by atoms with Crippen LogP contribution in [0.15, 0.2) is 23.7 Å². The number of thiazole rings is 1. The van der Waals surface area contributed by atoms with Crippen molar-refractivity contribution in [1.82, 2.24) is 10.3 Å². The molecule has 2 aromatic rings. The highest BCUT2D eigenvalue weighted by atomic mass is 32.2. The smallest absolute Gasteiger partial charge is 0.133 e. The van der Waals surface area contributed by atoms with Gasteiger partial charge in [0.05, 0.1) is 4.88 Å². The van der Waals surface area contributed by atoms with Crippen molar-refractivity contribution in [1.29, 1.82) is 0 Å². The van der Waals surface area contributed by atoms with Crippen LogP contribution in [0.5, 0.6) is 0 Å². The Bertz CT molecular complexity index is 409. The van der Waals surface area contributed by atoms with E-state index in [-0.39, 0.29) is 0 Å². The number of hydrogen-bond acceptors (Lipinski definition) is 5. The molecular weight excluding hydrogens is 256 g/mol. The summed E-state index contributed by atoms with van der Waals surface area (Å²) in [6.45, 7) is 2.00. The van der Waals surface area contributed by atoms with Crippen LogP contribution < -0.4 is 5.32 Å². The Labute approximate surface area is 108 Å². The molecule has 0 fully saturated rings. The van der Waals surface area contributed by atoms with E-state index in [0.717, 1.165) is 23.8 Å². The van der Waals surface area contributed by atoms with Crippen LogP contribution >= 0.6 is 34.4 Å². The first-order valence-corrected chi connectivity index (χ1v) is 8.17. The highest BCUT2D eigenvalue weighted by molar-refractivity contribution is 7.98. The summed E-state index contributed by atoms with van der Waals surface area (Å²) < 4.78 is 0. The van der Waals surface area contributed by atoms with E-state index < -0.39 is 0 Å². The van der Waals surface area contributed by atoms with Crippen LogP contribution in [0.3, 0.4) is 0 Å². The molecule has 0 radical (unpaired) electrons. The zero-order valence-corrected chi connectivity index (χ0v) is 11.6. The third kappa shape index (κ3) is 3.31. The molecule has 0 saturated carbocycles. The van der Waals surface area contributed by atoms with Crippen LogP contribution in [-0.2, 0) is 6.54 Å². The van der Waals surface area contributed by atoms with Gasteiger partial charge in [-0.1, -0.05) is 6.07 Å². The van der Waals surface area contributed by atoms with Crippen molar-refractivity contribution in [3.05, 3.63) is 28.6 Å². The fraction of sp³-hybridized carbons (Fsp3) is 0.364. The van der Waals surface area contributed by atoms with E-state index in [0.29, 0.717) is 0 Å². The third-order valence-electron chi connectivity index (χ3n) is 2.07. The number of nitrogens with one attached hydrogen (secondary N) is 1. The normalized spacial score (nSPS) is 10.8. The Morgan fingerprint density at radius 2 is 2.44 bits per heavy atom. The van der Waals surface area contributed by atoms with Crippen LogP contribution in [0.1, 0.15) is 4.88 Å². The predicted octanol–water partition coefficient (Wildman–Crippen LogP) is 3.32. The van der Waals surface area contributed by atoms with E-state index in [1.807, 2.05) is 18.0 Å². The molecule has 0 unspecified atom stereocenters. The molecule has 0 amide bonds. The Morgan fingerprint density at radius 3 is 3.19 bits per heavy atom. The number of rotatable bonds is 6. The van der Waals surface area contributed by atoms with Gasteiger partial charge in [-0.05, 0) is 17.7 Å². The summed E-state index contributed by atoms with van der Waals surface area (Å²) in [6, 6.07) is 4.19. The molecule has 0 aromatic carbocycles. The van der Waals surface area contributed by atoms with Crippen molar-refractivity contribution >= 4 is 34.4 Å². The first-order valence-electron chi connectivity index (χ1n) is 5.08. The van der Waals surface area contributed by atoms with Crippen molar-refractivity contribution in [2.24, 2.45) is 0 Å². The number of nitrogens with zero attached hydrogens (tertiary/aromatic N) is 1. The molecular formula is C11H14N2S3. The van der Waals surface area contributed by atoms with Gasteiger partial charge >= 0.3 is 0 Å². The second-order valence-corrected chi connectivity index (χ2v) is 6.33. The van der Waals surface area contributed by atoms with Crippen LogP contribution in [0, 0.1) is 0 Å². The summed E-state index contributed by atoms with van der Waals surface area (Å²) in [5.74, 6) is 1.16. The maximum Gasteiger partial charge on any atom is 0.133 e. The minimum absolute atomic E-state index is 0.934. The minimum atomic E-state index is 0.934. The van der Waals surface area contributed by atoms with Crippen LogP contribution in [0.4, 0.5) is 0 Å². The van der Waals surface area contributed by atoms with Gasteiger partial charge in [-0.15, -0.1) is 22.7 Å². The van der Waals surface area contributed by atoms with Gasteiger partial charge in [0, 0.05) is 29.9 Å². The lowest BCUT2D eigenvalue weighted by molar-refractivity contribution is 0.740. The lowest BCUT2D eigenvalue weighted by Crippen LogP contribution is -2.15. The Morgan fingerprint density at radius 1 is 1.50 bits per heavy atom. The standard InChI is InChI=1S/C11H14N2S3/c1-14-6-4-12-7-9-8-13-11(16-9)10-3-2-5-15-10/h2-3,5,8,12H,4,6-7H2,1H3. The molecule has 2 rings (SSSR count). The highest BCUT2D eigenvalue weighted by Gasteiger charge is 2.04. The topological polar surface area (TPSA) is 24.9 Å². The van der Waals surface area contributed by atoms with Gasteiger partial charge in [-0.2, -0.15) is 11.8 Å². The summed E-state index contributed by atoms with van der Waals surface area (Å²) in [7, 11) is 0. The fourth-order valence-electron chi connectivity index (χ4n) is 1.29. The van der Waals surface area contributed by atoms with E-state index in [4.69, 9.17) is 0 Å². The van der Waals surface area contributed by atoms with E-state index in [1.54, 1.807) is 22.7 Å². The van der Waals surface area contributed by atoms with Gasteiger partial charge in [0.2, 0.25) is 0 Å². The summed E-state index contributed by atoms with van der Waals surface area (Å²) in [4.78, 5) is 7.02. The minimum Gasteiger partial charge on any atom is -0.311 e. The lowest BCUT2D eigenvalue weighted by atomic mass is 10.5. The molecule has 86 valence electrons. The van der Waals surface area contributed by atoms with Gasteiger partial charge in [-0.25, -0.2) is 4.98 Å². The number of thioether (sulfide) groups is 1. The maximum absolute atomic E-state index is 4.44. The molecule has 0 spiro atoms. The first-order chi connectivity index (χ1) is 7.90. The van der Waals surface area contributed by atoms with Crippen LogP contribution in [-0.4, -0.2) is 23.5 Å². The quantitative estimate of drug-likeness (QED) is 0.815. The molecule has 16 heavy (non-hydrogen) atoms. The van der Waals surface area contributed by atoms with Crippen molar-refractivity contribution in [3.8, 4) is 9.88 Å². The molecule has 2 aromatic heterocycles. The van der Waals surface area contributed by atoms with E-state index >= 15 is 0 Å². The van der Waals surface area contributed by atoms with Gasteiger partial charge in [0.25, 0.3) is 0 Å². The molecule has 2 nitrogen and oxygen atoms in total. The summed E-state index contributed by atoms with van der Waals surface area (Å²) >= 11 is 5.39. The molecule has 0 atom stereocenters. The predicted molar refractivity (Wildman–Crippen MR) is 75.5 cm³/mol. The summed E-state index contributed by atoms with van der Waals surface area (Å²) in [5, 5.41) is 6.64.